The van der Waals surface area contributed by atoms with Gasteiger partial charge in [0.15, 0.2) is 5.82 Å². The molecule has 1 aromatic rings. The van der Waals surface area contributed by atoms with E-state index in [1.807, 2.05) is 0 Å². The van der Waals surface area contributed by atoms with Gasteiger partial charge >= 0.3 is 6.03 Å². The number of amides is 2. The lowest BCUT2D eigenvalue weighted by Gasteiger charge is -2.16. The predicted octanol–water partition coefficient (Wildman–Crippen LogP) is 1.29. The number of hydrogen-bond acceptors (Lipinski definition) is 3. The summed E-state index contributed by atoms with van der Waals surface area (Å²) >= 11 is 0. The summed E-state index contributed by atoms with van der Waals surface area (Å²) < 4.78 is 0. The van der Waals surface area contributed by atoms with Gasteiger partial charge in [-0.15, -0.1) is 0 Å². The van der Waals surface area contributed by atoms with Crippen LogP contribution in [0.2, 0.25) is 0 Å². The molecule has 0 atom stereocenters. The SMILES string of the molecule is Nc1cccnc1NC(=O)N1CCCC1. The molecule has 5 nitrogen and oxygen atoms in total. The first-order valence-corrected chi connectivity index (χ1v) is 5.04. The number of nitrogens with two attached hydrogens (primary N) is 1. The van der Waals surface area contributed by atoms with Crippen molar-refractivity contribution in [3.8, 4) is 0 Å². The Labute approximate surface area is 88.3 Å². The maximum Gasteiger partial charge on any atom is 0.323 e. The second kappa shape index (κ2) is 4.16. The summed E-state index contributed by atoms with van der Waals surface area (Å²) in [4.78, 5) is 17.5. The monoisotopic (exact) mass is 206 g/mol. The van der Waals surface area contributed by atoms with E-state index in [1.54, 1.807) is 23.2 Å². The number of nitrogen functional groups attached to an aromatic ring is 1. The van der Waals surface area contributed by atoms with Crippen molar-refractivity contribution in [3.05, 3.63) is 18.3 Å². The van der Waals surface area contributed by atoms with E-state index >= 15 is 0 Å². The molecule has 0 spiro atoms. The number of carbonyl (C=O) groups is 1. The van der Waals surface area contributed by atoms with Gasteiger partial charge in [0, 0.05) is 19.3 Å². The Morgan fingerprint density at radius 1 is 1.47 bits per heavy atom. The predicted molar refractivity (Wildman–Crippen MR) is 58.5 cm³/mol. The van der Waals surface area contributed by atoms with E-state index in [0.29, 0.717) is 11.5 Å². The Kier molecular flexibility index (Phi) is 2.71. The molecular formula is C10H14N4O. The van der Waals surface area contributed by atoms with Gasteiger partial charge in [0.1, 0.15) is 0 Å². The molecule has 2 amide bonds. The van der Waals surface area contributed by atoms with Crippen LogP contribution in [0.25, 0.3) is 0 Å². The molecule has 15 heavy (non-hydrogen) atoms. The molecule has 2 heterocycles. The highest BCUT2D eigenvalue weighted by atomic mass is 16.2. The van der Waals surface area contributed by atoms with Crippen molar-refractivity contribution in [2.45, 2.75) is 12.8 Å². The number of nitrogens with zero attached hydrogens (tertiary/aromatic N) is 2. The van der Waals surface area contributed by atoms with Crippen LogP contribution in [0.1, 0.15) is 12.8 Å². The van der Waals surface area contributed by atoms with E-state index in [0.717, 1.165) is 25.9 Å². The van der Waals surface area contributed by atoms with Gasteiger partial charge in [0.2, 0.25) is 0 Å². The quantitative estimate of drug-likeness (QED) is 0.727. The number of hydrogen-bond donors (Lipinski definition) is 2. The van der Waals surface area contributed by atoms with Gasteiger partial charge in [-0.2, -0.15) is 0 Å². The average Bonchev–Trinajstić information content (AvgIpc) is 2.74. The van der Waals surface area contributed by atoms with Gasteiger partial charge in [-0.25, -0.2) is 9.78 Å². The lowest BCUT2D eigenvalue weighted by molar-refractivity contribution is 0.222. The molecule has 5 heteroatoms. The van der Waals surface area contributed by atoms with Gasteiger partial charge in [-0.1, -0.05) is 0 Å². The van der Waals surface area contributed by atoms with Crippen LogP contribution in [-0.4, -0.2) is 29.0 Å². The Morgan fingerprint density at radius 3 is 2.87 bits per heavy atom. The lowest BCUT2D eigenvalue weighted by Crippen LogP contribution is -2.32. The second-order valence-corrected chi connectivity index (χ2v) is 3.57. The zero-order valence-corrected chi connectivity index (χ0v) is 8.44. The molecule has 1 saturated heterocycles. The Hall–Kier alpha value is -1.78. The zero-order chi connectivity index (χ0) is 10.7. The summed E-state index contributed by atoms with van der Waals surface area (Å²) in [6.07, 6.45) is 3.76. The molecule has 2 rings (SSSR count). The molecule has 0 saturated carbocycles. The molecule has 0 radical (unpaired) electrons. The highest BCUT2D eigenvalue weighted by molar-refractivity contribution is 5.91. The number of anilines is 2. The number of aromatic nitrogens is 1. The number of rotatable bonds is 1. The standard InChI is InChI=1S/C10H14N4O/c11-8-4-3-5-12-9(8)13-10(15)14-6-1-2-7-14/h3-5H,1-2,6-7,11H2,(H,12,13,15). The lowest BCUT2D eigenvalue weighted by atomic mass is 10.4. The Balaban J connectivity index is 2.02. The van der Waals surface area contributed by atoms with Crippen molar-refractivity contribution < 1.29 is 4.79 Å². The molecular weight excluding hydrogens is 192 g/mol. The topological polar surface area (TPSA) is 71.2 Å². The number of nitrogens with one attached hydrogen (secondary N) is 1. The van der Waals surface area contributed by atoms with Crippen molar-refractivity contribution in [3.63, 3.8) is 0 Å². The molecule has 1 fully saturated rings. The first-order valence-electron chi connectivity index (χ1n) is 5.04. The Morgan fingerprint density at radius 2 is 2.20 bits per heavy atom. The van der Waals surface area contributed by atoms with Crippen molar-refractivity contribution in [2.24, 2.45) is 0 Å². The smallest absolute Gasteiger partial charge is 0.323 e. The maximum absolute atomic E-state index is 11.7. The van der Waals surface area contributed by atoms with Gasteiger partial charge in [0.25, 0.3) is 0 Å². The van der Waals surface area contributed by atoms with Crippen LogP contribution >= 0.6 is 0 Å². The summed E-state index contributed by atoms with van der Waals surface area (Å²) in [5.41, 5.74) is 6.16. The summed E-state index contributed by atoms with van der Waals surface area (Å²) in [5, 5.41) is 2.70. The summed E-state index contributed by atoms with van der Waals surface area (Å²) in [6.45, 7) is 1.64. The van der Waals surface area contributed by atoms with E-state index in [-0.39, 0.29) is 6.03 Å². The van der Waals surface area contributed by atoms with Crippen LogP contribution in [0.15, 0.2) is 18.3 Å². The summed E-state index contributed by atoms with van der Waals surface area (Å²) in [6, 6.07) is 3.34. The fourth-order valence-corrected chi connectivity index (χ4v) is 1.62. The van der Waals surface area contributed by atoms with E-state index < -0.39 is 0 Å². The number of urea groups is 1. The van der Waals surface area contributed by atoms with Crippen LogP contribution in [0.3, 0.4) is 0 Å². The number of carbonyl (C=O) groups excluding carboxylic acids is 1. The van der Waals surface area contributed by atoms with Crippen LogP contribution in [-0.2, 0) is 0 Å². The largest absolute Gasteiger partial charge is 0.396 e. The molecule has 3 N–H and O–H groups in total. The van der Waals surface area contributed by atoms with Crippen LogP contribution in [0.4, 0.5) is 16.3 Å². The van der Waals surface area contributed by atoms with E-state index in [1.165, 1.54) is 0 Å². The maximum atomic E-state index is 11.7. The van der Waals surface area contributed by atoms with Gasteiger partial charge < -0.3 is 10.6 Å². The van der Waals surface area contributed by atoms with Crippen molar-refractivity contribution in [1.29, 1.82) is 0 Å². The van der Waals surface area contributed by atoms with Gasteiger partial charge in [0.05, 0.1) is 5.69 Å². The van der Waals surface area contributed by atoms with Crippen LogP contribution in [0, 0.1) is 0 Å². The van der Waals surface area contributed by atoms with E-state index in [9.17, 15) is 4.79 Å². The molecule has 1 aliphatic rings. The second-order valence-electron chi connectivity index (χ2n) is 3.57. The average molecular weight is 206 g/mol. The van der Waals surface area contributed by atoms with Crippen molar-refractivity contribution in [1.82, 2.24) is 9.88 Å². The molecule has 80 valence electrons. The van der Waals surface area contributed by atoms with Crippen molar-refractivity contribution in [2.75, 3.05) is 24.1 Å². The third kappa shape index (κ3) is 2.18. The van der Waals surface area contributed by atoms with E-state index in [2.05, 4.69) is 10.3 Å². The Bertz CT molecular complexity index is 360. The minimum absolute atomic E-state index is 0.113. The first-order chi connectivity index (χ1) is 7.27. The third-order valence-electron chi connectivity index (χ3n) is 2.46. The molecule has 1 aliphatic heterocycles. The van der Waals surface area contributed by atoms with Crippen molar-refractivity contribution >= 4 is 17.5 Å². The minimum Gasteiger partial charge on any atom is -0.396 e. The fourth-order valence-electron chi connectivity index (χ4n) is 1.62. The zero-order valence-electron chi connectivity index (χ0n) is 8.44. The highest BCUT2D eigenvalue weighted by Crippen LogP contribution is 2.15. The molecule has 0 unspecified atom stereocenters. The fraction of sp³-hybridized carbons (Fsp3) is 0.400. The van der Waals surface area contributed by atoms with E-state index in [4.69, 9.17) is 5.73 Å². The highest BCUT2D eigenvalue weighted by Gasteiger charge is 2.18. The van der Waals surface area contributed by atoms with Crippen LogP contribution in [0.5, 0.6) is 0 Å². The van der Waals surface area contributed by atoms with Gasteiger partial charge in [-0.05, 0) is 25.0 Å². The number of pyridine rings is 1. The third-order valence-corrected chi connectivity index (χ3v) is 2.46. The molecule has 1 aromatic heterocycles. The van der Waals surface area contributed by atoms with Crippen LogP contribution < -0.4 is 11.1 Å². The number of likely N-dealkylation sites (tertiary alicyclic amines) is 1. The minimum atomic E-state index is -0.113. The summed E-state index contributed by atoms with van der Waals surface area (Å²) in [5.74, 6) is 0.439. The molecule has 0 aliphatic carbocycles. The molecule has 0 aromatic carbocycles. The normalized spacial score (nSPS) is 15.3. The first kappa shape index (κ1) is 9.76. The van der Waals surface area contributed by atoms with Gasteiger partial charge in [-0.3, -0.25) is 5.32 Å². The summed E-state index contributed by atoms with van der Waals surface area (Å²) in [7, 11) is 0. The molecule has 0 bridgehead atoms.